The number of carbonyl (C=O) groups excluding carboxylic acids is 2. The number of amides is 3. The number of hydrogen-bond donors (Lipinski definition) is 1. The molecule has 27 heavy (non-hydrogen) atoms. The van der Waals surface area contributed by atoms with E-state index in [0.29, 0.717) is 17.9 Å². The number of ether oxygens (including phenoxy) is 1. The van der Waals surface area contributed by atoms with Crippen molar-refractivity contribution >= 4 is 23.7 Å². The molecular formula is C19H17N3O5. The monoisotopic (exact) mass is 367 g/mol. The second kappa shape index (κ2) is 7.69. The first-order chi connectivity index (χ1) is 13.0. The predicted molar refractivity (Wildman–Crippen MR) is 97.8 cm³/mol. The number of urea groups is 1. The summed E-state index contributed by atoms with van der Waals surface area (Å²) in [5, 5.41) is 13.3. The quantitative estimate of drug-likeness (QED) is 0.366. The highest BCUT2D eigenvalue weighted by atomic mass is 16.6. The van der Waals surface area contributed by atoms with Crippen LogP contribution in [0.15, 0.2) is 54.2 Å². The van der Waals surface area contributed by atoms with Gasteiger partial charge in [-0.05, 0) is 36.8 Å². The average Bonchev–Trinajstić information content (AvgIpc) is 2.94. The Morgan fingerprint density at radius 3 is 2.48 bits per heavy atom. The van der Waals surface area contributed by atoms with E-state index in [9.17, 15) is 19.7 Å². The van der Waals surface area contributed by atoms with Crippen molar-refractivity contribution in [2.24, 2.45) is 0 Å². The molecule has 0 aromatic heterocycles. The molecule has 1 fully saturated rings. The van der Waals surface area contributed by atoms with E-state index in [4.69, 9.17) is 4.74 Å². The fourth-order valence-corrected chi connectivity index (χ4v) is 2.62. The normalized spacial score (nSPS) is 15.1. The van der Waals surface area contributed by atoms with Crippen molar-refractivity contribution in [2.45, 2.75) is 13.5 Å². The molecule has 8 heteroatoms. The minimum Gasteiger partial charge on any atom is -0.488 e. The lowest BCUT2D eigenvalue weighted by molar-refractivity contribution is -0.384. The van der Waals surface area contributed by atoms with Gasteiger partial charge < -0.3 is 10.1 Å². The fraction of sp³-hybridized carbons (Fsp3) is 0.158. The number of rotatable bonds is 6. The Balaban J connectivity index is 1.76. The third-order valence-corrected chi connectivity index (χ3v) is 4.04. The summed E-state index contributed by atoms with van der Waals surface area (Å²) in [4.78, 5) is 35.3. The second-order valence-electron chi connectivity index (χ2n) is 5.79. The van der Waals surface area contributed by atoms with Crippen LogP contribution in [0, 0.1) is 10.1 Å². The summed E-state index contributed by atoms with van der Waals surface area (Å²) >= 11 is 0. The van der Waals surface area contributed by atoms with Crippen molar-refractivity contribution in [1.82, 2.24) is 10.2 Å². The van der Waals surface area contributed by atoms with E-state index in [0.717, 1.165) is 10.5 Å². The zero-order chi connectivity index (χ0) is 19.4. The maximum absolute atomic E-state index is 12.2. The maximum atomic E-state index is 12.2. The summed E-state index contributed by atoms with van der Waals surface area (Å²) in [6.45, 7) is 2.22. The summed E-state index contributed by atoms with van der Waals surface area (Å²) in [7, 11) is 0. The lowest BCUT2D eigenvalue weighted by Crippen LogP contribution is -2.30. The molecular weight excluding hydrogens is 350 g/mol. The Labute approximate surface area is 155 Å². The first-order valence-electron chi connectivity index (χ1n) is 8.29. The van der Waals surface area contributed by atoms with Gasteiger partial charge in [-0.2, -0.15) is 0 Å². The molecule has 2 aromatic rings. The number of likely N-dealkylation sites (N-methyl/N-ethyl adjacent to an activating group) is 1. The van der Waals surface area contributed by atoms with Crippen LogP contribution in [0.1, 0.15) is 18.1 Å². The summed E-state index contributed by atoms with van der Waals surface area (Å²) in [5.41, 5.74) is 1.61. The van der Waals surface area contributed by atoms with E-state index in [2.05, 4.69) is 5.32 Å². The zero-order valence-electron chi connectivity index (χ0n) is 14.5. The van der Waals surface area contributed by atoms with Crippen molar-refractivity contribution in [2.75, 3.05) is 6.54 Å². The Bertz CT molecular complexity index is 921. The van der Waals surface area contributed by atoms with E-state index in [1.807, 2.05) is 0 Å². The molecule has 0 unspecified atom stereocenters. The molecule has 0 bridgehead atoms. The molecule has 2 aromatic carbocycles. The number of carbonyl (C=O) groups is 2. The molecule has 8 nitrogen and oxygen atoms in total. The minimum absolute atomic E-state index is 0.0137. The molecule has 1 aliphatic rings. The SMILES string of the molecule is CCN1C(=O)N/C(=C/c2ccccc2OCc2ccc([N+](=O)[O-])cc2)C1=O. The van der Waals surface area contributed by atoms with Gasteiger partial charge in [-0.1, -0.05) is 18.2 Å². The van der Waals surface area contributed by atoms with Gasteiger partial charge in [0.2, 0.25) is 0 Å². The molecule has 138 valence electrons. The average molecular weight is 367 g/mol. The largest absolute Gasteiger partial charge is 0.488 e. The van der Waals surface area contributed by atoms with E-state index < -0.39 is 11.0 Å². The van der Waals surface area contributed by atoms with Gasteiger partial charge in [-0.25, -0.2) is 4.79 Å². The van der Waals surface area contributed by atoms with Gasteiger partial charge in [0.05, 0.1) is 4.92 Å². The van der Waals surface area contributed by atoms with E-state index >= 15 is 0 Å². The molecule has 1 heterocycles. The molecule has 0 radical (unpaired) electrons. The number of hydrogen-bond acceptors (Lipinski definition) is 5. The van der Waals surface area contributed by atoms with Gasteiger partial charge >= 0.3 is 6.03 Å². The number of nitrogens with one attached hydrogen (secondary N) is 1. The van der Waals surface area contributed by atoms with E-state index in [-0.39, 0.29) is 23.9 Å². The van der Waals surface area contributed by atoms with Crippen molar-refractivity contribution in [3.8, 4) is 5.75 Å². The highest BCUT2D eigenvalue weighted by Crippen LogP contribution is 2.24. The van der Waals surface area contributed by atoms with Crippen LogP contribution in [-0.2, 0) is 11.4 Å². The lowest BCUT2D eigenvalue weighted by atomic mass is 10.1. The standard InChI is InChI=1S/C19H17N3O5/c1-2-21-18(23)16(20-19(21)24)11-14-5-3-4-6-17(14)27-12-13-7-9-15(10-8-13)22(25)26/h3-11H,2,12H2,1H3,(H,20,24)/b16-11+. The maximum Gasteiger partial charge on any atom is 0.328 e. The first kappa shape index (κ1) is 18.1. The number of nitro groups is 1. The van der Waals surface area contributed by atoms with Crippen LogP contribution in [0.5, 0.6) is 5.75 Å². The Kier molecular flexibility index (Phi) is 5.16. The van der Waals surface area contributed by atoms with Crippen LogP contribution in [0.25, 0.3) is 6.08 Å². The predicted octanol–water partition coefficient (Wildman–Crippen LogP) is 3.09. The highest BCUT2D eigenvalue weighted by molar-refractivity contribution is 6.14. The van der Waals surface area contributed by atoms with Gasteiger partial charge in [0.15, 0.2) is 0 Å². The molecule has 3 amide bonds. The first-order valence-corrected chi connectivity index (χ1v) is 8.29. The van der Waals surface area contributed by atoms with Crippen molar-refractivity contribution in [3.63, 3.8) is 0 Å². The molecule has 3 rings (SSSR count). The van der Waals surface area contributed by atoms with Crippen LogP contribution in [0.4, 0.5) is 10.5 Å². The summed E-state index contributed by atoms with van der Waals surface area (Å²) in [6, 6.07) is 12.7. The number of benzene rings is 2. The second-order valence-corrected chi connectivity index (χ2v) is 5.79. The number of imide groups is 1. The molecule has 0 atom stereocenters. The van der Waals surface area contributed by atoms with Gasteiger partial charge in [-0.3, -0.25) is 19.8 Å². The van der Waals surface area contributed by atoms with Crippen LogP contribution >= 0.6 is 0 Å². The van der Waals surface area contributed by atoms with E-state index in [1.54, 1.807) is 49.4 Å². The van der Waals surface area contributed by atoms with Crippen LogP contribution in [-0.4, -0.2) is 28.3 Å². The number of non-ortho nitro benzene ring substituents is 1. The van der Waals surface area contributed by atoms with Crippen LogP contribution in [0.3, 0.4) is 0 Å². The van der Waals surface area contributed by atoms with Gasteiger partial charge in [0.1, 0.15) is 18.1 Å². The molecule has 0 spiro atoms. The zero-order valence-corrected chi connectivity index (χ0v) is 14.5. The Hall–Kier alpha value is -3.68. The smallest absolute Gasteiger partial charge is 0.328 e. The number of para-hydroxylation sites is 1. The number of nitrogens with zero attached hydrogens (tertiary/aromatic N) is 2. The van der Waals surface area contributed by atoms with Crippen LogP contribution < -0.4 is 10.1 Å². The van der Waals surface area contributed by atoms with E-state index in [1.165, 1.54) is 12.1 Å². The van der Waals surface area contributed by atoms with Crippen molar-refractivity contribution in [1.29, 1.82) is 0 Å². The molecule has 1 saturated heterocycles. The lowest BCUT2D eigenvalue weighted by Gasteiger charge is -2.10. The van der Waals surface area contributed by atoms with Crippen molar-refractivity contribution in [3.05, 3.63) is 75.5 Å². The summed E-state index contributed by atoms with van der Waals surface area (Å²) in [5.74, 6) is 0.146. The van der Waals surface area contributed by atoms with Gasteiger partial charge in [0, 0.05) is 24.2 Å². The Morgan fingerprint density at radius 2 is 1.85 bits per heavy atom. The Morgan fingerprint density at radius 1 is 1.15 bits per heavy atom. The summed E-state index contributed by atoms with van der Waals surface area (Å²) < 4.78 is 5.80. The topological polar surface area (TPSA) is 102 Å². The molecule has 0 aliphatic carbocycles. The third kappa shape index (κ3) is 3.95. The minimum atomic E-state index is -0.460. The van der Waals surface area contributed by atoms with Crippen LogP contribution in [0.2, 0.25) is 0 Å². The van der Waals surface area contributed by atoms with Gasteiger partial charge in [-0.15, -0.1) is 0 Å². The molecule has 1 aliphatic heterocycles. The molecule has 0 saturated carbocycles. The number of nitro benzene ring substituents is 1. The van der Waals surface area contributed by atoms with Gasteiger partial charge in [0.25, 0.3) is 11.6 Å². The molecule has 1 N–H and O–H groups in total. The van der Waals surface area contributed by atoms with Crippen molar-refractivity contribution < 1.29 is 19.2 Å². The summed E-state index contributed by atoms with van der Waals surface area (Å²) in [6.07, 6.45) is 1.57. The third-order valence-electron chi connectivity index (χ3n) is 4.04. The fourth-order valence-electron chi connectivity index (χ4n) is 2.62. The highest BCUT2D eigenvalue weighted by Gasteiger charge is 2.32.